The SMILES string of the molecule is Cc1cc(N)ccc1S(=O)(=O)N1CCOCC1. The Hall–Kier alpha value is -1.11. The fraction of sp³-hybridized carbons (Fsp3) is 0.455. The molecule has 1 fully saturated rings. The van der Waals surface area contributed by atoms with Crippen molar-refractivity contribution in [3.8, 4) is 0 Å². The summed E-state index contributed by atoms with van der Waals surface area (Å²) in [6, 6.07) is 4.85. The Morgan fingerprint density at radius 3 is 2.53 bits per heavy atom. The molecule has 0 spiro atoms. The number of aryl methyl sites for hydroxylation is 1. The van der Waals surface area contributed by atoms with E-state index in [1.807, 2.05) is 0 Å². The third-order valence-electron chi connectivity index (χ3n) is 2.79. The largest absolute Gasteiger partial charge is 0.399 e. The summed E-state index contributed by atoms with van der Waals surface area (Å²) in [5, 5.41) is 0. The molecule has 0 saturated carbocycles. The first kappa shape index (κ1) is 12.3. The average molecular weight is 256 g/mol. The van der Waals surface area contributed by atoms with Gasteiger partial charge >= 0.3 is 0 Å². The number of nitrogens with zero attached hydrogens (tertiary/aromatic N) is 1. The van der Waals surface area contributed by atoms with Crippen LogP contribution in [0, 0.1) is 6.92 Å². The minimum atomic E-state index is -3.41. The maximum Gasteiger partial charge on any atom is 0.243 e. The summed E-state index contributed by atoms with van der Waals surface area (Å²) < 4.78 is 31.3. The van der Waals surface area contributed by atoms with Crippen LogP contribution in [0.4, 0.5) is 5.69 Å². The van der Waals surface area contributed by atoms with Crippen LogP contribution >= 0.6 is 0 Å². The van der Waals surface area contributed by atoms with Crippen molar-refractivity contribution < 1.29 is 13.2 Å². The fourth-order valence-electron chi connectivity index (χ4n) is 1.89. The van der Waals surface area contributed by atoms with E-state index in [-0.39, 0.29) is 0 Å². The van der Waals surface area contributed by atoms with E-state index >= 15 is 0 Å². The Balaban J connectivity index is 2.37. The maximum absolute atomic E-state index is 12.3. The molecule has 2 N–H and O–H groups in total. The monoisotopic (exact) mass is 256 g/mol. The number of hydrogen-bond donors (Lipinski definition) is 1. The van der Waals surface area contributed by atoms with Crippen LogP contribution in [0.1, 0.15) is 5.56 Å². The summed E-state index contributed by atoms with van der Waals surface area (Å²) in [7, 11) is -3.41. The van der Waals surface area contributed by atoms with E-state index in [1.54, 1.807) is 25.1 Å². The van der Waals surface area contributed by atoms with Crippen molar-refractivity contribution in [3.05, 3.63) is 23.8 Å². The van der Waals surface area contributed by atoms with E-state index in [0.29, 0.717) is 42.4 Å². The van der Waals surface area contributed by atoms with Crippen LogP contribution < -0.4 is 5.73 Å². The summed E-state index contributed by atoms with van der Waals surface area (Å²) >= 11 is 0. The summed E-state index contributed by atoms with van der Waals surface area (Å²) in [5.41, 5.74) is 6.87. The molecular formula is C11H16N2O3S. The van der Waals surface area contributed by atoms with Gasteiger partial charge in [0.05, 0.1) is 18.1 Å². The summed E-state index contributed by atoms with van der Waals surface area (Å²) in [4.78, 5) is 0.327. The number of benzene rings is 1. The molecule has 1 aliphatic rings. The van der Waals surface area contributed by atoms with Crippen LogP contribution in [0.2, 0.25) is 0 Å². The molecule has 1 saturated heterocycles. The number of ether oxygens (including phenoxy) is 1. The van der Waals surface area contributed by atoms with Crippen LogP contribution in [0.5, 0.6) is 0 Å². The minimum absolute atomic E-state index is 0.327. The zero-order chi connectivity index (χ0) is 12.5. The molecule has 0 radical (unpaired) electrons. The quantitative estimate of drug-likeness (QED) is 0.786. The molecule has 94 valence electrons. The Kier molecular flexibility index (Phi) is 3.37. The van der Waals surface area contributed by atoms with Crippen LogP contribution in [-0.2, 0) is 14.8 Å². The molecule has 0 atom stereocenters. The third kappa shape index (κ3) is 2.43. The lowest BCUT2D eigenvalue weighted by Crippen LogP contribution is -2.40. The standard InChI is InChI=1S/C11H16N2O3S/c1-9-8-10(12)2-3-11(9)17(14,15)13-4-6-16-7-5-13/h2-3,8H,4-7,12H2,1H3. The lowest BCUT2D eigenvalue weighted by molar-refractivity contribution is 0.0730. The molecule has 6 heteroatoms. The molecule has 5 nitrogen and oxygen atoms in total. The van der Waals surface area contributed by atoms with Crippen LogP contribution in [0.15, 0.2) is 23.1 Å². The number of nitrogen functional groups attached to an aromatic ring is 1. The van der Waals surface area contributed by atoms with Gasteiger partial charge in [0.15, 0.2) is 0 Å². The highest BCUT2D eigenvalue weighted by atomic mass is 32.2. The number of hydrogen-bond acceptors (Lipinski definition) is 4. The second-order valence-corrected chi connectivity index (χ2v) is 5.95. The van der Waals surface area contributed by atoms with E-state index in [4.69, 9.17) is 10.5 Å². The normalized spacial score (nSPS) is 18.2. The zero-order valence-electron chi connectivity index (χ0n) is 9.72. The topological polar surface area (TPSA) is 72.6 Å². The Morgan fingerprint density at radius 2 is 1.94 bits per heavy atom. The van der Waals surface area contributed by atoms with Crippen molar-refractivity contribution >= 4 is 15.7 Å². The molecule has 2 rings (SSSR count). The first-order valence-electron chi connectivity index (χ1n) is 5.46. The van der Waals surface area contributed by atoms with E-state index in [9.17, 15) is 8.42 Å². The summed E-state index contributed by atoms with van der Waals surface area (Å²) in [5.74, 6) is 0. The lowest BCUT2D eigenvalue weighted by atomic mass is 10.2. The van der Waals surface area contributed by atoms with Gasteiger partial charge in [0.25, 0.3) is 0 Å². The number of morpholine rings is 1. The molecule has 0 bridgehead atoms. The van der Waals surface area contributed by atoms with Gasteiger partial charge in [-0.15, -0.1) is 0 Å². The molecule has 0 aromatic heterocycles. The van der Waals surface area contributed by atoms with Gasteiger partial charge in [0, 0.05) is 18.8 Å². The highest BCUT2D eigenvalue weighted by Crippen LogP contribution is 2.22. The van der Waals surface area contributed by atoms with Crippen molar-refractivity contribution in [2.24, 2.45) is 0 Å². The van der Waals surface area contributed by atoms with Gasteiger partial charge in [-0.3, -0.25) is 0 Å². The zero-order valence-corrected chi connectivity index (χ0v) is 10.5. The van der Waals surface area contributed by atoms with Crippen LogP contribution in [-0.4, -0.2) is 39.0 Å². The fourth-order valence-corrected chi connectivity index (χ4v) is 3.50. The van der Waals surface area contributed by atoms with Crippen molar-refractivity contribution in [2.45, 2.75) is 11.8 Å². The Morgan fingerprint density at radius 1 is 1.29 bits per heavy atom. The number of rotatable bonds is 2. The van der Waals surface area contributed by atoms with E-state index in [0.717, 1.165) is 0 Å². The van der Waals surface area contributed by atoms with Gasteiger partial charge in [-0.2, -0.15) is 4.31 Å². The minimum Gasteiger partial charge on any atom is -0.399 e. The maximum atomic E-state index is 12.3. The molecule has 0 amide bonds. The van der Waals surface area contributed by atoms with Gasteiger partial charge in [0.1, 0.15) is 0 Å². The molecule has 1 heterocycles. The second-order valence-electron chi connectivity index (χ2n) is 4.04. The van der Waals surface area contributed by atoms with Crippen molar-refractivity contribution in [2.75, 3.05) is 32.0 Å². The van der Waals surface area contributed by atoms with Gasteiger partial charge in [-0.1, -0.05) is 0 Å². The van der Waals surface area contributed by atoms with Crippen molar-refractivity contribution in [1.29, 1.82) is 0 Å². The van der Waals surface area contributed by atoms with Gasteiger partial charge in [0.2, 0.25) is 10.0 Å². The number of anilines is 1. The van der Waals surface area contributed by atoms with Crippen molar-refractivity contribution in [1.82, 2.24) is 4.31 Å². The Bertz CT molecular complexity index is 507. The average Bonchev–Trinajstić information content (AvgIpc) is 2.29. The molecule has 0 aliphatic carbocycles. The molecule has 1 aliphatic heterocycles. The van der Waals surface area contributed by atoms with E-state index in [1.165, 1.54) is 4.31 Å². The smallest absolute Gasteiger partial charge is 0.243 e. The predicted octanol–water partition coefficient (Wildman–Crippen LogP) is 0.598. The first-order chi connectivity index (χ1) is 8.01. The first-order valence-corrected chi connectivity index (χ1v) is 6.90. The second kappa shape index (κ2) is 4.64. The molecule has 0 unspecified atom stereocenters. The molecular weight excluding hydrogens is 240 g/mol. The number of sulfonamides is 1. The third-order valence-corrected chi connectivity index (χ3v) is 4.85. The number of nitrogens with two attached hydrogens (primary N) is 1. The van der Waals surface area contributed by atoms with Gasteiger partial charge in [-0.25, -0.2) is 8.42 Å². The lowest BCUT2D eigenvalue weighted by Gasteiger charge is -2.26. The highest BCUT2D eigenvalue weighted by molar-refractivity contribution is 7.89. The molecule has 1 aromatic carbocycles. The van der Waals surface area contributed by atoms with E-state index < -0.39 is 10.0 Å². The summed E-state index contributed by atoms with van der Waals surface area (Å²) in [6.07, 6.45) is 0. The predicted molar refractivity (Wildman–Crippen MR) is 65.2 cm³/mol. The van der Waals surface area contributed by atoms with Gasteiger partial charge < -0.3 is 10.5 Å². The Labute approximate surface area is 101 Å². The van der Waals surface area contributed by atoms with Crippen LogP contribution in [0.3, 0.4) is 0 Å². The van der Waals surface area contributed by atoms with Gasteiger partial charge in [-0.05, 0) is 30.7 Å². The summed E-state index contributed by atoms with van der Waals surface area (Å²) in [6.45, 7) is 3.47. The highest BCUT2D eigenvalue weighted by Gasteiger charge is 2.27. The van der Waals surface area contributed by atoms with Crippen molar-refractivity contribution in [3.63, 3.8) is 0 Å². The molecule has 17 heavy (non-hydrogen) atoms. The van der Waals surface area contributed by atoms with Crippen LogP contribution in [0.25, 0.3) is 0 Å². The molecule has 1 aromatic rings. The van der Waals surface area contributed by atoms with E-state index in [2.05, 4.69) is 0 Å².